The summed E-state index contributed by atoms with van der Waals surface area (Å²) in [5, 5.41) is 10.1. The molecule has 68 valence electrons. The van der Waals surface area contributed by atoms with Crippen LogP contribution in [0, 0.1) is 0 Å². The zero-order valence-electron chi connectivity index (χ0n) is 6.75. The molecule has 1 aromatic carbocycles. The highest BCUT2D eigenvalue weighted by Crippen LogP contribution is 2.35. The Bertz CT molecular complexity index is 452. The van der Waals surface area contributed by atoms with Crippen molar-refractivity contribution in [3.05, 3.63) is 27.5 Å². The third-order valence-corrected chi connectivity index (χ3v) is 3.63. The quantitative estimate of drug-likeness (QED) is 0.772. The van der Waals surface area contributed by atoms with Crippen molar-refractivity contribution in [2.45, 2.75) is 6.61 Å². The van der Waals surface area contributed by atoms with Crippen molar-refractivity contribution in [2.75, 3.05) is 5.73 Å². The first-order chi connectivity index (χ1) is 6.22. The van der Waals surface area contributed by atoms with E-state index in [4.69, 9.17) is 10.8 Å². The van der Waals surface area contributed by atoms with Gasteiger partial charge in [0.1, 0.15) is 0 Å². The summed E-state index contributed by atoms with van der Waals surface area (Å²) >= 11 is 4.99. The summed E-state index contributed by atoms with van der Waals surface area (Å²) in [6, 6.07) is 5.68. The number of thiophene rings is 1. The maximum absolute atomic E-state index is 9.08. The number of hydrogen-bond acceptors (Lipinski definition) is 3. The van der Waals surface area contributed by atoms with Gasteiger partial charge >= 0.3 is 0 Å². The molecule has 0 saturated carbocycles. The summed E-state index contributed by atoms with van der Waals surface area (Å²) in [5.41, 5.74) is 7.49. The molecule has 0 aliphatic heterocycles. The molecule has 4 heteroatoms. The maximum atomic E-state index is 9.08. The van der Waals surface area contributed by atoms with E-state index in [1.165, 1.54) is 0 Å². The van der Waals surface area contributed by atoms with Crippen LogP contribution in [0.5, 0.6) is 0 Å². The monoisotopic (exact) mass is 257 g/mol. The molecule has 1 aromatic heterocycles. The highest BCUT2D eigenvalue weighted by molar-refractivity contribution is 9.11. The topological polar surface area (TPSA) is 46.2 Å². The molecule has 2 nitrogen and oxygen atoms in total. The fourth-order valence-corrected chi connectivity index (χ4v) is 2.88. The fraction of sp³-hybridized carbons (Fsp3) is 0.111. The molecule has 0 fully saturated rings. The second kappa shape index (κ2) is 3.29. The number of anilines is 1. The van der Waals surface area contributed by atoms with Crippen LogP contribution in [0.25, 0.3) is 10.1 Å². The number of fused-ring (bicyclic) bond motifs is 1. The van der Waals surface area contributed by atoms with Gasteiger partial charge in [-0.25, -0.2) is 0 Å². The van der Waals surface area contributed by atoms with Crippen LogP contribution >= 0.6 is 27.3 Å². The predicted molar refractivity (Wildman–Crippen MR) is 59.9 cm³/mol. The number of rotatable bonds is 1. The van der Waals surface area contributed by atoms with Crippen molar-refractivity contribution >= 4 is 43.0 Å². The summed E-state index contributed by atoms with van der Waals surface area (Å²) < 4.78 is 2.08. The zero-order chi connectivity index (χ0) is 9.42. The number of halogens is 1. The third-order valence-electron chi connectivity index (χ3n) is 1.94. The molecule has 0 saturated heterocycles. The second-order valence-corrected chi connectivity index (χ2v) is 5.20. The van der Waals surface area contributed by atoms with Gasteiger partial charge in [0, 0.05) is 11.1 Å². The standard InChI is InChI=1S/C9H8BrNOS/c10-8-3-6-5(4-12)1-2-7(11)9(6)13-8/h1-3,12H,4,11H2. The Labute approximate surface area is 88.1 Å². The first kappa shape index (κ1) is 8.99. The minimum atomic E-state index is 0.0555. The summed E-state index contributed by atoms with van der Waals surface area (Å²) in [6.07, 6.45) is 0. The molecule has 0 bridgehead atoms. The Morgan fingerprint density at radius 1 is 1.46 bits per heavy atom. The minimum Gasteiger partial charge on any atom is -0.398 e. The zero-order valence-corrected chi connectivity index (χ0v) is 9.15. The fourth-order valence-electron chi connectivity index (χ4n) is 1.31. The lowest BCUT2D eigenvalue weighted by Crippen LogP contribution is -1.88. The van der Waals surface area contributed by atoms with E-state index >= 15 is 0 Å². The maximum Gasteiger partial charge on any atom is 0.0711 e. The van der Waals surface area contributed by atoms with Crippen LogP contribution in [0.1, 0.15) is 5.56 Å². The molecule has 0 aliphatic rings. The number of nitrogens with two attached hydrogens (primary N) is 1. The first-order valence-electron chi connectivity index (χ1n) is 3.79. The van der Waals surface area contributed by atoms with E-state index in [9.17, 15) is 0 Å². The summed E-state index contributed by atoms with van der Waals surface area (Å²) in [6.45, 7) is 0.0555. The van der Waals surface area contributed by atoms with Crippen LogP contribution < -0.4 is 5.73 Å². The molecule has 0 radical (unpaired) electrons. The Balaban J connectivity index is 2.83. The molecule has 0 amide bonds. The molecule has 2 aromatic rings. The molecule has 13 heavy (non-hydrogen) atoms. The number of aliphatic hydroxyl groups excluding tert-OH is 1. The molecule has 1 heterocycles. The second-order valence-electron chi connectivity index (χ2n) is 2.77. The van der Waals surface area contributed by atoms with Crippen molar-refractivity contribution in [3.8, 4) is 0 Å². The van der Waals surface area contributed by atoms with Crippen LogP contribution in [0.3, 0.4) is 0 Å². The summed E-state index contributed by atoms with van der Waals surface area (Å²) in [7, 11) is 0. The number of nitrogen functional groups attached to an aromatic ring is 1. The van der Waals surface area contributed by atoms with Gasteiger partial charge in [-0.05, 0) is 33.6 Å². The molecule has 0 unspecified atom stereocenters. The molecule has 0 spiro atoms. The van der Waals surface area contributed by atoms with Crippen molar-refractivity contribution in [1.82, 2.24) is 0 Å². The highest BCUT2D eigenvalue weighted by atomic mass is 79.9. The van der Waals surface area contributed by atoms with E-state index < -0.39 is 0 Å². The van der Waals surface area contributed by atoms with E-state index in [-0.39, 0.29) is 6.61 Å². The summed E-state index contributed by atoms with van der Waals surface area (Å²) in [4.78, 5) is 0. The van der Waals surface area contributed by atoms with Crippen LogP contribution in [0.2, 0.25) is 0 Å². The SMILES string of the molecule is Nc1ccc(CO)c2cc(Br)sc12. The van der Waals surface area contributed by atoms with Crippen LogP contribution in [0.15, 0.2) is 22.0 Å². The number of hydrogen-bond donors (Lipinski definition) is 2. The van der Waals surface area contributed by atoms with Gasteiger partial charge in [0.2, 0.25) is 0 Å². The predicted octanol–water partition coefficient (Wildman–Crippen LogP) is 2.74. The molecule has 3 N–H and O–H groups in total. The lowest BCUT2D eigenvalue weighted by Gasteiger charge is -2.00. The number of benzene rings is 1. The van der Waals surface area contributed by atoms with E-state index in [2.05, 4.69) is 15.9 Å². The van der Waals surface area contributed by atoms with E-state index in [0.29, 0.717) is 0 Å². The Hall–Kier alpha value is -0.580. The molecule has 2 rings (SSSR count). The van der Waals surface area contributed by atoms with Crippen LogP contribution in [-0.2, 0) is 6.61 Å². The highest BCUT2D eigenvalue weighted by Gasteiger charge is 2.06. The van der Waals surface area contributed by atoms with Gasteiger partial charge in [0.05, 0.1) is 15.1 Å². The van der Waals surface area contributed by atoms with Crippen molar-refractivity contribution in [1.29, 1.82) is 0 Å². The van der Waals surface area contributed by atoms with Gasteiger partial charge in [-0.1, -0.05) is 6.07 Å². The molecular weight excluding hydrogens is 250 g/mol. The van der Waals surface area contributed by atoms with Crippen LogP contribution in [0.4, 0.5) is 5.69 Å². The molecule has 0 atom stereocenters. The van der Waals surface area contributed by atoms with Crippen molar-refractivity contribution in [3.63, 3.8) is 0 Å². The normalized spacial score (nSPS) is 10.9. The van der Waals surface area contributed by atoms with Crippen molar-refractivity contribution in [2.24, 2.45) is 0 Å². The van der Waals surface area contributed by atoms with E-state index in [1.54, 1.807) is 11.3 Å². The van der Waals surface area contributed by atoms with Crippen molar-refractivity contribution < 1.29 is 5.11 Å². The lowest BCUT2D eigenvalue weighted by atomic mass is 10.1. The molecule has 0 aliphatic carbocycles. The molecular formula is C9H8BrNOS. The first-order valence-corrected chi connectivity index (χ1v) is 5.40. The average molecular weight is 258 g/mol. The van der Waals surface area contributed by atoms with Gasteiger partial charge in [-0.3, -0.25) is 0 Å². The minimum absolute atomic E-state index is 0.0555. The Morgan fingerprint density at radius 2 is 2.23 bits per heavy atom. The lowest BCUT2D eigenvalue weighted by molar-refractivity contribution is 0.283. The van der Waals surface area contributed by atoms with Gasteiger partial charge in [-0.15, -0.1) is 11.3 Å². The smallest absolute Gasteiger partial charge is 0.0711 e. The van der Waals surface area contributed by atoms with E-state index in [1.807, 2.05) is 18.2 Å². The van der Waals surface area contributed by atoms with E-state index in [0.717, 1.165) is 25.1 Å². The number of aliphatic hydroxyl groups is 1. The van der Waals surface area contributed by atoms with Gasteiger partial charge in [0.25, 0.3) is 0 Å². The summed E-state index contributed by atoms with van der Waals surface area (Å²) in [5.74, 6) is 0. The van der Waals surface area contributed by atoms with Crippen LogP contribution in [-0.4, -0.2) is 5.11 Å². The third kappa shape index (κ3) is 1.45. The average Bonchev–Trinajstić information content (AvgIpc) is 2.48. The Morgan fingerprint density at radius 3 is 2.92 bits per heavy atom. The van der Waals surface area contributed by atoms with Gasteiger partial charge < -0.3 is 10.8 Å². The largest absolute Gasteiger partial charge is 0.398 e. The van der Waals surface area contributed by atoms with Gasteiger partial charge in [-0.2, -0.15) is 0 Å². The Kier molecular flexibility index (Phi) is 2.27. The van der Waals surface area contributed by atoms with Gasteiger partial charge in [0.15, 0.2) is 0 Å².